The highest BCUT2D eigenvalue weighted by Gasteiger charge is 2.13. The third kappa shape index (κ3) is 4.05. The predicted octanol–water partition coefficient (Wildman–Crippen LogP) is 0.0941. The first kappa shape index (κ1) is 10.2. The fraction of sp³-hybridized carbons (Fsp3) is 0.667. The zero-order valence-electron chi connectivity index (χ0n) is 7.62. The quantitative estimate of drug-likeness (QED) is 0.632. The number of nitrogens with one attached hydrogen (secondary N) is 1. The van der Waals surface area contributed by atoms with E-state index in [1.165, 1.54) is 6.08 Å². The first-order valence-electron chi connectivity index (χ1n) is 4.42. The summed E-state index contributed by atoms with van der Waals surface area (Å²) >= 11 is 0. The molecule has 0 aromatic carbocycles. The Kier molecular flexibility index (Phi) is 4.49. The summed E-state index contributed by atoms with van der Waals surface area (Å²) in [6.07, 6.45) is 2.18. The highest BCUT2D eigenvalue weighted by atomic mass is 16.6. The molecule has 0 aliphatic carbocycles. The lowest BCUT2D eigenvalue weighted by Crippen LogP contribution is -2.33. The van der Waals surface area contributed by atoms with Gasteiger partial charge in [-0.15, -0.1) is 0 Å². The summed E-state index contributed by atoms with van der Waals surface area (Å²) in [6.45, 7) is 5.93. The van der Waals surface area contributed by atoms with Crippen LogP contribution in [-0.4, -0.2) is 38.4 Å². The van der Waals surface area contributed by atoms with Gasteiger partial charge in [-0.1, -0.05) is 6.58 Å². The monoisotopic (exact) mass is 185 g/mol. The van der Waals surface area contributed by atoms with E-state index < -0.39 is 0 Å². The third-order valence-corrected chi connectivity index (χ3v) is 1.84. The van der Waals surface area contributed by atoms with E-state index in [9.17, 15) is 4.79 Å². The molecule has 1 saturated heterocycles. The lowest BCUT2D eigenvalue weighted by molar-refractivity contribution is -0.117. The summed E-state index contributed by atoms with van der Waals surface area (Å²) < 4.78 is 10.6. The average molecular weight is 185 g/mol. The van der Waals surface area contributed by atoms with E-state index in [2.05, 4.69) is 11.9 Å². The molecule has 1 amide bonds. The zero-order valence-corrected chi connectivity index (χ0v) is 7.62. The van der Waals surface area contributed by atoms with E-state index in [0.29, 0.717) is 26.4 Å². The minimum atomic E-state index is -0.142. The first-order valence-corrected chi connectivity index (χ1v) is 4.42. The molecule has 1 aliphatic rings. The van der Waals surface area contributed by atoms with Crippen molar-refractivity contribution < 1.29 is 14.3 Å². The number of carbonyl (C=O) groups excluding carboxylic acids is 1. The van der Waals surface area contributed by atoms with Crippen molar-refractivity contribution in [2.24, 2.45) is 0 Å². The van der Waals surface area contributed by atoms with Crippen LogP contribution in [0.4, 0.5) is 0 Å². The van der Waals surface area contributed by atoms with Crippen LogP contribution in [0.3, 0.4) is 0 Å². The van der Waals surface area contributed by atoms with E-state index >= 15 is 0 Å². The average Bonchev–Trinajstić information content (AvgIpc) is 2.19. The van der Waals surface area contributed by atoms with Crippen molar-refractivity contribution in [3.05, 3.63) is 12.7 Å². The van der Waals surface area contributed by atoms with Gasteiger partial charge in [0, 0.05) is 6.54 Å². The van der Waals surface area contributed by atoms with Crippen molar-refractivity contribution in [1.29, 1.82) is 0 Å². The molecule has 4 heteroatoms. The molecule has 0 saturated carbocycles. The minimum absolute atomic E-state index is 0.124. The zero-order chi connectivity index (χ0) is 9.52. The number of ether oxygens (including phenoxy) is 2. The molecule has 13 heavy (non-hydrogen) atoms. The predicted molar refractivity (Wildman–Crippen MR) is 48.4 cm³/mol. The summed E-state index contributed by atoms with van der Waals surface area (Å²) in [5.74, 6) is -0.142. The molecule has 1 unspecified atom stereocenters. The van der Waals surface area contributed by atoms with Gasteiger partial charge in [0.15, 0.2) is 0 Å². The molecule has 1 fully saturated rings. The smallest absolute Gasteiger partial charge is 0.243 e. The molecule has 0 radical (unpaired) electrons. The summed E-state index contributed by atoms with van der Waals surface area (Å²) in [5.41, 5.74) is 0. The van der Waals surface area contributed by atoms with Crippen molar-refractivity contribution in [3.8, 4) is 0 Å². The van der Waals surface area contributed by atoms with Crippen molar-refractivity contribution >= 4 is 5.91 Å². The van der Waals surface area contributed by atoms with Crippen molar-refractivity contribution in [1.82, 2.24) is 5.32 Å². The van der Waals surface area contributed by atoms with Crippen LogP contribution in [-0.2, 0) is 14.3 Å². The molecular formula is C9H15NO3. The molecule has 1 heterocycles. The van der Waals surface area contributed by atoms with Crippen molar-refractivity contribution in [2.45, 2.75) is 12.5 Å². The lowest BCUT2D eigenvalue weighted by atomic mass is 10.2. The van der Waals surface area contributed by atoms with E-state index in [-0.39, 0.29) is 12.0 Å². The standard InChI is InChI=1S/C9H15NO3/c1-2-9(11)10-4-3-8-7-12-5-6-13-8/h2,8H,1,3-7H2,(H,10,11). The van der Waals surface area contributed by atoms with Crippen LogP contribution in [0.5, 0.6) is 0 Å². The van der Waals surface area contributed by atoms with E-state index in [0.717, 1.165) is 6.42 Å². The van der Waals surface area contributed by atoms with Gasteiger partial charge in [-0.25, -0.2) is 0 Å². The summed E-state index contributed by atoms with van der Waals surface area (Å²) in [5, 5.41) is 2.69. The second-order valence-corrected chi connectivity index (χ2v) is 2.85. The van der Waals surface area contributed by atoms with Gasteiger partial charge in [0.1, 0.15) is 0 Å². The Bertz CT molecular complexity index is 176. The van der Waals surface area contributed by atoms with Crippen LogP contribution >= 0.6 is 0 Å². The number of carbonyl (C=O) groups is 1. The van der Waals surface area contributed by atoms with Crippen LogP contribution in [0.1, 0.15) is 6.42 Å². The first-order chi connectivity index (χ1) is 6.33. The topological polar surface area (TPSA) is 47.6 Å². The number of hydrogen-bond acceptors (Lipinski definition) is 3. The van der Waals surface area contributed by atoms with Crippen molar-refractivity contribution in [3.63, 3.8) is 0 Å². The highest BCUT2D eigenvalue weighted by Crippen LogP contribution is 2.03. The second kappa shape index (κ2) is 5.72. The number of hydrogen-bond donors (Lipinski definition) is 1. The van der Waals surface area contributed by atoms with Gasteiger partial charge in [-0.3, -0.25) is 4.79 Å². The Labute approximate surface area is 77.9 Å². The fourth-order valence-electron chi connectivity index (χ4n) is 1.13. The van der Waals surface area contributed by atoms with Crippen LogP contribution in [0.25, 0.3) is 0 Å². The molecule has 1 aliphatic heterocycles. The SMILES string of the molecule is C=CC(=O)NCCC1COCCO1. The van der Waals surface area contributed by atoms with Crippen LogP contribution < -0.4 is 5.32 Å². The third-order valence-electron chi connectivity index (χ3n) is 1.84. The molecule has 1 rings (SSSR count). The maximum atomic E-state index is 10.8. The Morgan fingerprint density at radius 1 is 1.62 bits per heavy atom. The Hall–Kier alpha value is -0.870. The Morgan fingerprint density at radius 2 is 2.46 bits per heavy atom. The Morgan fingerprint density at radius 3 is 3.08 bits per heavy atom. The normalized spacial score (nSPS) is 22.3. The molecule has 0 spiro atoms. The van der Waals surface area contributed by atoms with Crippen LogP contribution in [0.15, 0.2) is 12.7 Å². The van der Waals surface area contributed by atoms with Gasteiger partial charge in [-0.05, 0) is 12.5 Å². The van der Waals surface area contributed by atoms with Gasteiger partial charge in [0.05, 0.1) is 25.9 Å². The van der Waals surface area contributed by atoms with E-state index in [1.54, 1.807) is 0 Å². The van der Waals surface area contributed by atoms with Gasteiger partial charge >= 0.3 is 0 Å². The summed E-state index contributed by atoms with van der Waals surface area (Å²) in [6, 6.07) is 0. The Balaban J connectivity index is 2.04. The molecular weight excluding hydrogens is 170 g/mol. The highest BCUT2D eigenvalue weighted by molar-refractivity contribution is 5.86. The van der Waals surface area contributed by atoms with Gasteiger partial charge in [0.2, 0.25) is 5.91 Å². The second-order valence-electron chi connectivity index (χ2n) is 2.85. The van der Waals surface area contributed by atoms with Crippen molar-refractivity contribution in [2.75, 3.05) is 26.4 Å². The van der Waals surface area contributed by atoms with E-state index in [4.69, 9.17) is 9.47 Å². The molecule has 74 valence electrons. The van der Waals surface area contributed by atoms with E-state index in [1.807, 2.05) is 0 Å². The number of amides is 1. The summed E-state index contributed by atoms with van der Waals surface area (Å²) in [4.78, 5) is 10.8. The maximum Gasteiger partial charge on any atom is 0.243 e. The molecule has 4 nitrogen and oxygen atoms in total. The molecule has 1 N–H and O–H groups in total. The van der Waals surface area contributed by atoms with Crippen LogP contribution in [0.2, 0.25) is 0 Å². The fourth-order valence-corrected chi connectivity index (χ4v) is 1.13. The minimum Gasteiger partial charge on any atom is -0.376 e. The van der Waals surface area contributed by atoms with Crippen LogP contribution in [0, 0.1) is 0 Å². The molecule has 0 aromatic heterocycles. The lowest BCUT2D eigenvalue weighted by Gasteiger charge is -2.22. The van der Waals surface area contributed by atoms with Gasteiger partial charge in [-0.2, -0.15) is 0 Å². The maximum absolute atomic E-state index is 10.8. The largest absolute Gasteiger partial charge is 0.376 e. The number of rotatable bonds is 4. The molecule has 1 atom stereocenters. The van der Waals surface area contributed by atoms with Gasteiger partial charge in [0.25, 0.3) is 0 Å². The van der Waals surface area contributed by atoms with Gasteiger partial charge < -0.3 is 14.8 Å². The molecule has 0 bridgehead atoms. The molecule has 0 aromatic rings. The summed E-state index contributed by atoms with van der Waals surface area (Å²) in [7, 11) is 0.